The summed E-state index contributed by atoms with van der Waals surface area (Å²) >= 11 is 0. The molecule has 0 aliphatic carbocycles. The first kappa shape index (κ1) is 18.7. The van der Waals surface area contributed by atoms with E-state index >= 15 is 0 Å². The van der Waals surface area contributed by atoms with Crippen molar-refractivity contribution in [1.29, 1.82) is 0 Å². The number of nitrogens with zero attached hydrogens (tertiary/aromatic N) is 3. The fourth-order valence-electron chi connectivity index (χ4n) is 4.82. The second kappa shape index (κ2) is 7.41. The van der Waals surface area contributed by atoms with Gasteiger partial charge in [0.05, 0.1) is 11.3 Å². The number of ketones is 1. The quantitative estimate of drug-likeness (QED) is 0.756. The summed E-state index contributed by atoms with van der Waals surface area (Å²) in [6.07, 6.45) is 3.06. The molecule has 2 unspecified atom stereocenters. The van der Waals surface area contributed by atoms with Gasteiger partial charge < -0.3 is 9.64 Å². The summed E-state index contributed by atoms with van der Waals surface area (Å²) in [4.78, 5) is 27.8. The average Bonchev–Trinajstić information content (AvgIpc) is 3.10. The largest absolute Gasteiger partial charge is 0.445 e. The molecule has 0 radical (unpaired) electrons. The Labute approximate surface area is 165 Å². The van der Waals surface area contributed by atoms with E-state index in [0.717, 1.165) is 35.4 Å². The highest BCUT2D eigenvalue weighted by molar-refractivity contribution is 6.00. The molecule has 2 bridgehead atoms. The molecule has 2 aliphatic heterocycles. The van der Waals surface area contributed by atoms with Gasteiger partial charge in [-0.25, -0.2) is 4.79 Å². The fourth-order valence-corrected chi connectivity index (χ4v) is 4.82. The topological polar surface area (TPSA) is 64.4 Å². The van der Waals surface area contributed by atoms with Gasteiger partial charge in [-0.1, -0.05) is 30.3 Å². The summed E-state index contributed by atoms with van der Waals surface area (Å²) in [5.41, 5.74) is 3.45. The molecule has 28 heavy (non-hydrogen) atoms. The van der Waals surface area contributed by atoms with Crippen LogP contribution in [0.15, 0.2) is 30.3 Å². The van der Waals surface area contributed by atoms with Crippen LogP contribution in [0.4, 0.5) is 4.79 Å². The van der Waals surface area contributed by atoms with Gasteiger partial charge in [0.2, 0.25) is 0 Å². The number of hydrogen-bond acceptors (Lipinski definition) is 4. The molecule has 2 fully saturated rings. The lowest BCUT2D eigenvalue weighted by atomic mass is 9.84. The van der Waals surface area contributed by atoms with Crippen molar-refractivity contribution in [2.45, 2.75) is 58.2 Å². The SMILES string of the molecule is Cc1nn(C)c(C)c1C(=O)C1CC2CCC(C1)N2C(=O)OCc1ccccc1. The number of piperidine rings is 1. The van der Waals surface area contributed by atoms with E-state index in [1.807, 2.05) is 56.1 Å². The lowest BCUT2D eigenvalue weighted by Crippen LogP contribution is -2.48. The molecule has 1 aromatic heterocycles. The molecule has 1 amide bonds. The van der Waals surface area contributed by atoms with Crippen LogP contribution in [0.2, 0.25) is 0 Å². The first-order valence-electron chi connectivity index (χ1n) is 9.99. The molecule has 2 atom stereocenters. The number of amides is 1. The van der Waals surface area contributed by atoms with Crippen LogP contribution in [-0.4, -0.2) is 38.6 Å². The second-order valence-electron chi connectivity index (χ2n) is 8.03. The van der Waals surface area contributed by atoms with E-state index in [2.05, 4.69) is 5.10 Å². The van der Waals surface area contributed by atoms with E-state index in [-0.39, 0.29) is 36.5 Å². The molecule has 6 nitrogen and oxygen atoms in total. The Bertz CT molecular complexity index is 876. The van der Waals surface area contributed by atoms with Crippen molar-refractivity contribution in [3.63, 3.8) is 0 Å². The number of ether oxygens (including phenoxy) is 1. The summed E-state index contributed by atoms with van der Waals surface area (Å²) in [7, 11) is 1.87. The van der Waals surface area contributed by atoms with E-state index in [1.165, 1.54) is 0 Å². The van der Waals surface area contributed by atoms with Crippen molar-refractivity contribution in [2.75, 3.05) is 0 Å². The maximum Gasteiger partial charge on any atom is 0.410 e. The van der Waals surface area contributed by atoms with E-state index in [4.69, 9.17) is 4.74 Å². The van der Waals surface area contributed by atoms with Gasteiger partial charge in [0.1, 0.15) is 6.61 Å². The van der Waals surface area contributed by atoms with E-state index in [1.54, 1.807) is 4.68 Å². The fraction of sp³-hybridized carbons (Fsp3) is 0.500. The third-order valence-electron chi connectivity index (χ3n) is 6.28. The van der Waals surface area contributed by atoms with E-state index in [0.29, 0.717) is 12.8 Å². The van der Waals surface area contributed by atoms with Gasteiger partial charge in [-0.15, -0.1) is 0 Å². The molecule has 1 aromatic carbocycles. The van der Waals surface area contributed by atoms with Gasteiger partial charge >= 0.3 is 6.09 Å². The van der Waals surface area contributed by atoms with Gasteiger partial charge in [-0.2, -0.15) is 5.10 Å². The Morgan fingerprint density at radius 3 is 2.32 bits per heavy atom. The van der Waals surface area contributed by atoms with Crippen LogP contribution in [0, 0.1) is 19.8 Å². The number of carbonyl (C=O) groups is 2. The number of aromatic nitrogens is 2. The third kappa shape index (κ3) is 3.32. The number of carbonyl (C=O) groups excluding carboxylic acids is 2. The Morgan fingerprint density at radius 1 is 1.11 bits per heavy atom. The zero-order valence-electron chi connectivity index (χ0n) is 16.7. The van der Waals surface area contributed by atoms with Crippen LogP contribution in [0.5, 0.6) is 0 Å². The highest BCUT2D eigenvalue weighted by Gasteiger charge is 2.46. The van der Waals surface area contributed by atoms with Gasteiger partial charge in [0.15, 0.2) is 5.78 Å². The van der Waals surface area contributed by atoms with Crippen LogP contribution in [0.1, 0.15) is 53.0 Å². The minimum absolute atomic E-state index is 0.0442. The number of fused-ring (bicyclic) bond motifs is 2. The summed E-state index contributed by atoms with van der Waals surface area (Å²) < 4.78 is 7.33. The Kier molecular flexibility index (Phi) is 4.96. The monoisotopic (exact) mass is 381 g/mol. The van der Waals surface area contributed by atoms with Crippen molar-refractivity contribution < 1.29 is 14.3 Å². The standard InChI is InChI=1S/C22H27N3O3/c1-14-20(15(2)24(3)23-14)21(26)17-11-18-9-10-19(12-17)25(18)22(27)28-13-16-7-5-4-6-8-16/h4-8,17-19H,9-13H2,1-3H3. The maximum atomic E-state index is 13.2. The minimum Gasteiger partial charge on any atom is -0.445 e. The predicted molar refractivity (Wildman–Crippen MR) is 105 cm³/mol. The lowest BCUT2D eigenvalue weighted by molar-refractivity contribution is 0.0484. The van der Waals surface area contributed by atoms with Crippen molar-refractivity contribution in [3.8, 4) is 0 Å². The number of aryl methyl sites for hydroxylation is 2. The molecule has 3 heterocycles. The van der Waals surface area contributed by atoms with Crippen LogP contribution in [0.25, 0.3) is 0 Å². The lowest BCUT2D eigenvalue weighted by Gasteiger charge is -2.37. The summed E-state index contributed by atoms with van der Waals surface area (Å²) in [5, 5.41) is 4.39. The summed E-state index contributed by atoms with van der Waals surface area (Å²) in [5.74, 6) is 0.134. The smallest absolute Gasteiger partial charge is 0.410 e. The molecule has 0 saturated carbocycles. The van der Waals surface area contributed by atoms with Crippen LogP contribution in [0.3, 0.4) is 0 Å². The first-order valence-corrected chi connectivity index (χ1v) is 9.99. The average molecular weight is 381 g/mol. The summed E-state index contributed by atoms with van der Waals surface area (Å²) in [6, 6.07) is 9.90. The maximum absolute atomic E-state index is 13.2. The molecule has 6 heteroatoms. The van der Waals surface area contributed by atoms with E-state index < -0.39 is 0 Å². The zero-order valence-corrected chi connectivity index (χ0v) is 16.7. The first-order chi connectivity index (χ1) is 13.5. The van der Waals surface area contributed by atoms with Crippen LogP contribution < -0.4 is 0 Å². The van der Waals surface area contributed by atoms with Crippen molar-refractivity contribution in [2.24, 2.45) is 13.0 Å². The predicted octanol–water partition coefficient (Wildman–Crippen LogP) is 3.80. The van der Waals surface area contributed by atoms with Crippen molar-refractivity contribution in [3.05, 3.63) is 52.8 Å². The molecule has 2 saturated heterocycles. The van der Waals surface area contributed by atoms with Gasteiger partial charge in [0, 0.05) is 30.7 Å². The molecule has 148 valence electrons. The Balaban J connectivity index is 1.43. The molecule has 2 aromatic rings. The number of Topliss-reactive ketones (excluding diaryl/α,β-unsaturated/α-hetero) is 1. The second-order valence-corrected chi connectivity index (χ2v) is 8.03. The van der Waals surface area contributed by atoms with Gasteiger partial charge in [-0.05, 0) is 45.1 Å². The van der Waals surface area contributed by atoms with Gasteiger partial charge in [-0.3, -0.25) is 9.48 Å². The van der Waals surface area contributed by atoms with Crippen molar-refractivity contribution >= 4 is 11.9 Å². The van der Waals surface area contributed by atoms with Gasteiger partial charge in [0.25, 0.3) is 0 Å². The zero-order chi connectivity index (χ0) is 19.8. The van der Waals surface area contributed by atoms with Crippen LogP contribution >= 0.6 is 0 Å². The number of hydrogen-bond donors (Lipinski definition) is 0. The highest BCUT2D eigenvalue weighted by atomic mass is 16.6. The molecule has 2 aliphatic rings. The Hall–Kier alpha value is -2.63. The van der Waals surface area contributed by atoms with E-state index in [9.17, 15) is 9.59 Å². The van der Waals surface area contributed by atoms with Crippen molar-refractivity contribution in [1.82, 2.24) is 14.7 Å². The summed E-state index contributed by atoms with van der Waals surface area (Å²) in [6.45, 7) is 4.12. The highest BCUT2D eigenvalue weighted by Crippen LogP contribution is 2.40. The molecular weight excluding hydrogens is 354 g/mol. The normalized spacial score (nSPS) is 23.7. The molecule has 4 rings (SSSR count). The number of benzene rings is 1. The molecule has 0 N–H and O–H groups in total. The Morgan fingerprint density at radius 2 is 1.75 bits per heavy atom. The third-order valence-corrected chi connectivity index (χ3v) is 6.28. The molecular formula is C22H27N3O3. The number of rotatable bonds is 4. The van der Waals surface area contributed by atoms with Crippen LogP contribution in [-0.2, 0) is 18.4 Å². The molecule has 0 spiro atoms. The minimum atomic E-state index is -0.254.